The second-order valence-electron chi connectivity index (χ2n) is 8.74. The molecule has 3 aromatic carbocycles. The first-order valence-corrected chi connectivity index (χ1v) is 10.3. The van der Waals surface area contributed by atoms with Crippen LogP contribution in [0.3, 0.4) is 0 Å². The van der Waals surface area contributed by atoms with Crippen LogP contribution in [0, 0.1) is 12.7 Å². The van der Waals surface area contributed by atoms with Gasteiger partial charge < -0.3 is 9.47 Å². The third kappa shape index (κ3) is 4.06. The number of allylic oxidation sites excluding steroid dienone is 1. The van der Waals surface area contributed by atoms with Crippen molar-refractivity contribution in [3.63, 3.8) is 0 Å². The smallest absolute Gasteiger partial charge is 0.343 e. The minimum Gasteiger partial charge on any atom is -0.452 e. The van der Waals surface area contributed by atoms with E-state index in [-0.39, 0.29) is 22.5 Å². The summed E-state index contributed by atoms with van der Waals surface area (Å²) in [5, 5.41) is 0. The van der Waals surface area contributed by atoms with Gasteiger partial charge in [0.25, 0.3) is 0 Å². The van der Waals surface area contributed by atoms with E-state index in [2.05, 4.69) is 20.8 Å². The minimum absolute atomic E-state index is 0.0171. The van der Waals surface area contributed by atoms with Crippen molar-refractivity contribution in [2.75, 3.05) is 0 Å². The van der Waals surface area contributed by atoms with Gasteiger partial charge in [-0.3, -0.25) is 4.79 Å². The van der Waals surface area contributed by atoms with Crippen molar-refractivity contribution in [3.8, 4) is 11.5 Å². The number of benzene rings is 3. The maximum atomic E-state index is 14.0. The van der Waals surface area contributed by atoms with Crippen molar-refractivity contribution in [1.82, 2.24) is 0 Å². The Morgan fingerprint density at radius 1 is 1.00 bits per heavy atom. The Morgan fingerprint density at radius 3 is 2.34 bits per heavy atom. The molecule has 0 bridgehead atoms. The van der Waals surface area contributed by atoms with E-state index in [1.807, 2.05) is 12.1 Å². The molecule has 0 aromatic heterocycles. The number of ether oxygens (including phenoxy) is 2. The molecule has 3 aromatic rings. The summed E-state index contributed by atoms with van der Waals surface area (Å²) in [5.74, 6) is -0.660. The molecule has 1 aliphatic heterocycles. The van der Waals surface area contributed by atoms with Crippen LogP contribution in [0.25, 0.3) is 6.08 Å². The molecule has 1 heterocycles. The highest BCUT2D eigenvalue weighted by Crippen LogP contribution is 2.39. The third-order valence-electron chi connectivity index (χ3n) is 5.42. The first kappa shape index (κ1) is 21.5. The summed E-state index contributed by atoms with van der Waals surface area (Å²) in [4.78, 5) is 25.4. The average Bonchev–Trinajstić information content (AvgIpc) is 3.07. The molecule has 0 radical (unpaired) electrons. The maximum Gasteiger partial charge on any atom is 0.343 e. The van der Waals surface area contributed by atoms with Crippen LogP contribution in [0.2, 0.25) is 0 Å². The maximum absolute atomic E-state index is 14.0. The molecular weight excluding hydrogens is 407 g/mol. The number of esters is 1. The molecule has 0 saturated carbocycles. The molecule has 5 heteroatoms. The van der Waals surface area contributed by atoms with Crippen LogP contribution >= 0.6 is 0 Å². The van der Waals surface area contributed by atoms with Crippen LogP contribution in [-0.2, 0) is 5.41 Å². The lowest BCUT2D eigenvalue weighted by atomic mass is 9.87. The Balaban J connectivity index is 1.58. The molecule has 0 amide bonds. The van der Waals surface area contributed by atoms with Crippen molar-refractivity contribution < 1.29 is 23.5 Å². The Labute approximate surface area is 186 Å². The van der Waals surface area contributed by atoms with Crippen molar-refractivity contribution in [1.29, 1.82) is 0 Å². The Morgan fingerprint density at radius 2 is 1.69 bits per heavy atom. The summed E-state index contributed by atoms with van der Waals surface area (Å²) >= 11 is 0. The summed E-state index contributed by atoms with van der Waals surface area (Å²) < 4.78 is 25.3. The molecular formula is C27H23FO4. The van der Waals surface area contributed by atoms with Gasteiger partial charge >= 0.3 is 5.97 Å². The number of Topliss-reactive ketones (excluding diaryl/α,β-unsaturated/α-hetero) is 1. The topological polar surface area (TPSA) is 52.6 Å². The molecule has 4 nitrogen and oxygen atoms in total. The molecule has 4 rings (SSSR count). The summed E-state index contributed by atoms with van der Waals surface area (Å²) in [5.41, 5.74) is 2.65. The van der Waals surface area contributed by atoms with E-state index in [1.165, 1.54) is 12.1 Å². The Hall–Kier alpha value is -3.73. The first-order chi connectivity index (χ1) is 15.1. The molecule has 0 aliphatic carbocycles. The molecule has 1 aliphatic rings. The number of halogens is 1. The summed E-state index contributed by atoms with van der Waals surface area (Å²) in [6, 6.07) is 16.6. The fraction of sp³-hybridized carbons (Fsp3) is 0.185. The highest BCUT2D eigenvalue weighted by molar-refractivity contribution is 6.15. The lowest BCUT2D eigenvalue weighted by Gasteiger charge is -2.19. The van der Waals surface area contributed by atoms with Crippen LogP contribution in [0.15, 0.2) is 66.4 Å². The monoisotopic (exact) mass is 430 g/mol. The standard InChI is InChI=1S/C27H23FO4/c1-16-22(32-26(30)17-9-11-19(12-10-17)27(2,3)4)14-13-20-24(29)23(31-25(16)20)15-18-7-5-6-8-21(18)28/h5-15H,1-4H3/b23-15-. The van der Waals surface area contributed by atoms with Crippen LogP contribution in [0.1, 0.15) is 58.2 Å². The fourth-order valence-corrected chi connectivity index (χ4v) is 3.48. The number of fused-ring (bicyclic) bond motifs is 1. The SMILES string of the molecule is Cc1c(OC(=O)c2ccc(C(C)(C)C)cc2)ccc2c1O/C(=C\c1ccccc1F)C2=O. The minimum atomic E-state index is -0.500. The summed E-state index contributed by atoms with van der Waals surface area (Å²) in [6.45, 7) is 8.02. The van der Waals surface area contributed by atoms with Gasteiger partial charge in [-0.2, -0.15) is 0 Å². The van der Waals surface area contributed by atoms with Crippen molar-refractivity contribution >= 4 is 17.8 Å². The van der Waals surface area contributed by atoms with E-state index in [0.29, 0.717) is 28.2 Å². The molecule has 0 saturated heterocycles. The van der Waals surface area contributed by atoms with Crippen molar-refractivity contribution in [2.24, 2.45) is 0 Å². The van der Waals surface area contributed by atoms with Crippen LogP contribution in [-0.4, -0.2) is 11.8 Å². The van der Waals surface area contributed by atoms with E-state index in [4.69, 9.17) is 9.47 Å². The van der Waals surface area contributed by atoms with Crippen LogP contribution in [0.5, 0.6) is 11.5 Å². The predicted molar refractivity (Wildman–Crippen MR) is 121 cm³/mol. The Kier molecular flexibility index (Phi) is 5.43. The number of ketones is 1. The number of rotatable bonds is 3. The van der Waals surface area contributed by atoms with E-state index in [0.717, 1.165) is 5.56 Å². The zero-order valence-corrected chi connectivity index (χ0v) is 18.4. The molecule has 0 N–H and O–H groups in total. The number of hydrogen-bond donors (Lipinski definition) is 0. The quantitative estimate of drug-likeness (QED) is 0.279. The van der Waals surface area contributed by atoms with Crippen molar-refractivity contribution in [3.05, 3.63) is 100 Å². The van der Waals surface area contributed by atoms with Gasteiger partial charge in [-0.05, 0) is 54.3 Å². The molecule has 32 heavy (non-hydrogen) atoms. The molecule has 0 fully saturated rings. The molecule has 162 valence electrons. The van der Waals surface area contributed by atoms with Crippen LogP contribution in [0.4, 0.5) is 4.39 Å². The van der Waals surface area contributed by atoms with Gasteiger partial charge in [-0.1, -0.05) is 51.1 Å². The molecule has 0 unspecified atom stereocenters. The number of carbonyl (C=O) groups excluding carboxylic acids is 2. The largest absolute Gasteiger partial charge is 0.452 e. The van der Waals surface area contributed by atoms with Gasteiger partial charge in [-0.15, -0.1) is 0 Å². The zero-order valence-electron chi connectivity index (χ0n) is 18.4. The highest BCUT2D eigenvalue weighted by atomic mass is 19.1. The number of hydrogen-bond acceptors (Lipinski definition) is 4. The highest BCUT2D eigenvalue weighted by Gasteiger charge is 2.31. The van der Waals surface area contributed by atoms with E-state index in [9.17, 15) is 14.0 Å². The van der Waals surface area contributed by atoms with E-state index < -0.39 is 11.8 Å². The second-order valence-corrected chi connectivity index (χ2v) is 8.74. The second kappa shape index (κ2) is 8.08. The van der Waals surface area contributed by atoms with Crippen LogP contribution < -0.4 is 9.47 Å². The molecule has 0 spiro atoms. The summed E-state index contributed by atoms with van der Waals surface area (Å²) in [7, 11) is 0. The normalized spacial score (nSPS) is 14.3. The van der Waals surface area contributed by atoms with Gasteiger partial charge in [0.1, 0.15) is 17.3 Å². The Bertz CT molecular complexity index is 1250. The fourth-order valence-electron chi connectivity index (χ4n) is 3.48. The van der Waals surface area contributed by atoms with Crippen molar-refractivity contribution in [2.45, 2.75) is 33.1 Å². The average molecular weight is 430 g/mol. The van der Waals surface area contributed by atoms with E-state index in [1.54, 1.807) is 49.4 Å². The predicted octanol–water partition coefficient (Wildman–Crippen LogP) is 6.27. The summed E-state index contributed by atoms with van der Waals surface area (Å²) in [6.07, 6.45) is 1.37. The number of carbonyl (C=O) groups is 2. The molecule has 0 atom stereocenters. The van der Waals surface area contributed by atoms with Gasteiger partial charge in [0, 0.05) is 11.1 Å². The van der Waals surface area contributed by atoms with Gasteiger partial charge in [-0.25, -0.2) is 9.18 Å². The van der Waals surface area contributed by atoms with Gasteiger partial charge in [0.05, 0.1) is 11.1 Å². The first-order valence-electron chi connectivity index (χ1n) is 10.3. The van der Waals surface area contributed by atoms with E-state index >= 15 is 0 Å². The lowest BCUT2D eigenvalue weighted by Crippen LogP contribution is -2.13. The zero-order chi connectivity index (χ0) is 23.0. The third-order valence-corrected chi connectivity index (χ3v) is 5.42. The van der Waals surface area contributed by atoms with Gasteiger partial charge in [0.15, 0.2) is 5.76 Å². The lowest BCUT2D eigenvalue weighted by molar-refractivity contribution is 0.0733. The van der Waals surface area contributed by atoms with Gasteiger partial charge in [0.2, 0.25) is 5.78 Å².